The molecule has 1 unspecified atom stereocenters. The van der Waals surface area contributed by atoms with Crippen LogP contribution in [0.15, 0.2) is 0 Å². The quantitative estimate of drug-likeness (QED) is 0.476. The summed E-state index contributed by atoms with van der Waals surface area (Å²) in [6.45, 7) is 3.84. The van der Waals surface area contributed by atoms with Gasteiger partial charge in [0.05, 0.1) is 0 Å². The number of carbonyl (C=O) groups is 2. The fourth-order valence-corrected chi connectivity index (χ4v) is 1.76. The molecule has 21 heavy (non-hydrogen) atoms. The number of rotatable bonds is 12. The lowest BCUT2D eigenvalue weighted by molar-refractivity contribution is -0.146. The number of hydrogen-bond acceptors (Lipinski definition) is 3. The zero-order valence-electron chi connectivity index (χ0n) is 13.5. The first-order chi connectivity index (χ1) is 9.95. The molecule has 0 aliphatic rings. The van der Waals surface area contributed by atoms with E-state index in [1.54, 1.807) is 6.92 Å². The zero-order chi connectivity index (χ0) is 16.5. The molecular weight excluding hydrogens is 272 g/mol. The summed E-state index contributed by atoms with van der Waals surface area (Å²) in [5.74, 6) is -1.81. The topological polar surface area (TPSA) is 94.8 Å². The number of aliphatic carboxylic acids is 2. The van der Waals surface area contributed by atoms with Gasteiger partial charge in [0.15, 0.2) is 6.10 Å². The Morgan fingerprint density at radius 2 is 1.24 bits per heavy atom. The number of carboxylic acid groups (broad SMARTS) is 2. The number of unbranched alkanes of at least 4 members (excludes halogenated alkanes) is 8. The molecule has 0 fully saturated rings. The van der Waals surface area contributed by atoms with Gasteiger partial charge in [-0.3, -0.25) is 4.79 Å². The highest BCUT2D eigenvalue weighted by Crippen LogP contribution is 2.10. The van der Waals surface area contributed by atoms with E-state index in [4.69, 9.17) is 15.3 Å². The summed E-state index contributed by atoms with van der Waals surface area (Å²) in [4.78, 5) is 19.9. The number of hydrogen-bond donors (Lipinski definition) is 3. The van der Waals surface area contributed by atoms with E-state index in [1.807, 2.05) is 0 Å². The Morgan fingerprint density at radius 1 is 0.810 bits per heavy atom. The highest BCUT2D eigenvalue weighted by molar-refractivity contribution is 5.71. The SMILES string of the molecule is CCC(O)C(=O)O.CCCCCCCCCCCC(=O)O. The van der Waals surface area contributed by atoms with Crippen molar-refractivity contribution in [3.05, 3.63) is 0 Å². The van der Waals surface area contributed by atoms with Gasteiger partial charge in [0.1, 0.15) is 0 Å². The highest BCUT2D eigenvalue weighted by atomic mass is 16.4. The first-order valence-electron chi connectivity index (χ1n) is 8.08. The molecule has 0 saturated heterocycles. The molecule has 0 radical (unpaired) electrons. The molecule has 0 aliphatic carbocycles. The van der Waals surface area contributed by atoms with Crippen LogP contribution in [0.5, 0.6) is 0 Å². The van der Waals surface area contributed by atoms with Crippen LogP contribution in [0, 0.1) is 0 Å². The van der Waals surface area contributed by atoms with E-state index >= 15 is 0 Å². The second kappa shape index (κ2) is 17.0. The van der Waals surface area contributed by atoms with Crippen LogP contribution in [0.3, 0.4) is 0 Å². The summed E-state index contributed by atoms with van der Waals surface area (Å²) in [6, 6.07) is 0. The molecule has 126 valence electrons. The minimum Gasteiger partial charge on any atom is -0.481 e. The Kier molecular flexibility index (Phi) is 17.9. The lowest BCUT2D eigenvalue weighted by Crippen LogP contribution is -2.17. The van der Waals surface area contributed by atoms with Crippen LogP contribution in [0.25, 0.3) is 0 Å². The lowest BCUT2D eigenvalue weighted by atomic mass is 10.1. The highest BCUT2D eigenvalue weighted by Gasteiger charge is 2.07. The normalized spacial score (nSPS) is 11.4. The smallest absolute Gasteiger partial charge is 0.332 e. The number of aliphatic hydroxyl groups excluding tert-OH is 1. The van der Waals surface area contributed by atoms with Gasteiger partial charge < -0.3 is 15.3 Å². The summed E-state index contributed by atoms with van der Waals surface area (Å²) < 4.78 is 0. The summed E-state index contributed by atoms with van der Waals surface area (Å²) in [5, 5.41) is 24.7. The van der Waals surface area contributed by atoms with Crippen molar-refractivity contribution >= 4 is 11.9 Å². The molecule has 0 spiro atoms. The molecule has 0 amide bonds. The average molecular weight is 304 g/mol. The molecule has 0 bridgehead atoms. The minimum atomic E-state index is -1.18. The van der Waals surface area contributed by atoms with Gasteiger partial charge in [-0.25, -0.2) is 4.79 Å². The Hall–Kier alpha value is -1.10. The van der Waals surface area contributed by atoms with Crippen LogP contribution >= 0.6 is 0 Å². The average Bonchev–Trinajstić information content (AvgIpc) is 2.45. The molecule has 1 atom stereocenters. The fourth-order valence-electron chi connectivity index (χ4n) is 1.76. The molecule has 0 aromatic rings. The largest absolute Gasteiger partial charge is 0.481 e. The van der Waals surface area contributed by atoms with E-state index in [-0.39, 0.29) is 6.42 Å². The van der Waals surface area contributed by atoms with Crippen LogP contribution in [0.2, 0.25) is 0 Å². The number of carboxylic acids is 2. The van der Waals surface area contributed by atoms with Gasteiger partial charge in [-0.05, 0) is 12.8 Å². The first kappa shape index (κ1) is 22.2. The van der Waals surface area contributed by atoms with Gasteiger partial charge in [0.2, 0.25) is 0 Å². The van der Waals surface area contributed by atoms with Crippen molar-refractivity contribution in [3.63, 3.8) is 0 Å². The molecule has 5 nitrogen and oxygen atoms in total. The maximum absolute atomic E-state index is 10.2. The van der Waals surface area contributed by atoms with Crippen molar-refractivity contribution in [2.75, 3.05) is 0 Å². The van der Waals surface area contributed by atoms with Crippen LogP contribution in [0.4, 0.5) is 0 Å². The van der Waals surface area contributed by atoms with Crippen molar-refractivity contribution < 1.29 is 24.9 Å². The molecule has 0 rings (SSSR count). The van der Waals surface area contributed by atoms with E-state index in [9.17, 15) is 9.59 Å². The Morgan fingerprint density at radius 3 is 1.52 bits per heavy atom. The van der Waals surface area contributed by atoms with Gasteiger partial charge in [-0.1, -0.05) is 65.2 Å². The van der Waals surface area contributed by atoms with E-state index in [0.717, 1.165) is 12.8 Å². The summed E-state index contributed by atoms with van der Waals surface area (Å²) >= 11 is 0. The predicted molar refractivity (Wildman–Crippen MR) is 83.4 cm³/mol. The van der Waals surface area contributed by atoms with Gasteiger partial charge in [0, 0.05) is 6.42 Å². The molecule has 0 aliphatic heterocycles. The van der Waals surface area contributed by atoms with E-state index in [2.05, 4.69) is 6.92 Å². The Bertz CT molecular complexity index is 253. The maximum Gasteiger partial charge on any atom is 0.332 e. The van der Waals surface area contributed by atoms with Crippen LogP contribution in [-0.4, -0.2) is 33.4 Å². The predicted octanol–water partition coefficient (Wildman–Crippen LogP) is 3.83. The summed E-state index contributed by atoms with van der Waals surface area (Å²) in [6.07, 6.45) is 10.6. The van der Waals surface area contributed by atoms with Crippen molar-refractivity contribution in [1.82, 2.24) is 0 Å². The second-order valence-corrected chi connectivity index (χ2v) is 5.23. The second-order valence-electron chi connectivity index (χ2n) is 5.23. The van der Waals surface area contributed by atoms with Crippen molar-refractivity contribution in [2.24, 2.45) is 0 Å². The monoisotopic (exact) mass is 304 g/mol. The van der Waals surface area contributed by atoms with Crippen molar-refractivity contribution in [1.29, 1.82) is 0 Å². The van der Waals surface area contributed by atoms with Gasteiger partial charge in [-0.15, -0.1) is 0 Å². The molecule has 3 N–H and O–H groups in total. The standard InChI is InChI=1S/C12H24O2.C4H8O3/c1-2-3-4-5-6-7-8-9-10-11-12(13)14;1-2-3(5)4(6)7/h2-11H2,1H3,(H,13,14);3,5H,2H2,1H3,(H,6,7). The van der Waals surface area contributed by atoms with E-state index < -0.39 is 18.0 Å². The molecule has 5 heteroatoms. The maximum atomic E-state index is 10.2. The van der Waals surface area contributed by atoms with Gasteiger partial charge in [0.25, 0.3) is 0 Å². The van der Waals surface area contributed by atoms with Crippen molar-refractivity contribution in [2.45, 2.75) is 90.6 Å². The molecule has 0 aromatic carbocycles. The van der Waals surface area contributed by atoms with E-state index in [1.165, 1.54) is 44.9 Å². The van der Waals surface area contributed by atoms with Crippen LogP contribution in [0.1, 0.15) is 84.5 Å². The van der Waals surface area contributed by atoms with Crippen LogP contribution in [-0.2, 0) is 9.59 Å². The lowest BCUT2D eigenvalue weighted by Gasteiger charge is -2.00. The third-order valence-corrected chi connectivity index (χ3v) is 3.17. The molecular formula is C16H32O5. The Balaban J connectivity index is 0. The first-order valence-corrected chi connectivity index (χ1v) is 8.08. The Labute approximate surface area is 128 Å². The van der Waals surface area contributed by atoms with Gasteiger partial charge >= 0.3 is 11.9 Å². The summed E-state index contributed by atoms with van der Waals surface area (Å²) in [7, 11) is 0. The van der Waals surface area contributed by atoms with Gasteiger partial charge in [-0.2, -0.15) is 0 Å². The third kappa shape index (κ3) is 21.4. The molecule has 0 heterocycles. The minimum absolute atomic E-state index is 0.273. The van der Waals surface area contributed by atoms with Crippen molar-refractivity contribution in [3.8, 4) is 0 Å². The third-order valence-electron chi connectivity index (χ3n) is 3.17. The zero-order valence-corrected chi connectivity index (χ0v) is 13.5. The summed E-state index contributed by atoms with van der Waals surface area (Å²) in [5.41, 5.74) is 0. The number of aliphatic hydroxyl groups is 1. The van der Waals surface area contributed by atoms with E-state index in [0.29, 0.717) is 6.42 Å². The van der Waals surface area contributed by atoms with Crippen LogP contribution < -0.4 is 0 Å². The fraction of sp³-hybridized carbons (Fsp3) is 0.875. The molecule has 0 saturated carbocycles. The molecule has 0 aromatic heterocycles.